The number of rotatable bonds is 5. The molecular weight excluding hydrogens is 547 g/mol. The molecule has 0 spiro atoms. The number of halogens is 2. The lowest BCUT2D eigenvalue weighted by Gasteiger charge is -2.14. The van der Waals surface area contributed by atoms with Crippen LogP contribution < -0.4 is 5.49 Å². The van der Waals surface area contributed by atoms with Crippen molar-refractivity contribution in [2.75, 3.05) is 7.05 Å². The summed E-state index contributed by atoms with van der Waals surface area (Å²) in [6.45, 7) is 14.7. The van der Waals surface area contributed by atoms with Crippen LogP contribution in [-0.4, -0.2) is 24.8 Å². The van der Waals surface area contributed by atoms with E-state index in [-0.39, 0.29) is 5.49 Å². The smallest absolute Gasteiger partial charge is 0.310 e. The fourth-order valence-electron chi connectivity index (χ4n) is 6.42. The molecule has 0 N–H and O–H groups in total. The molecular formula is C38H38BF2N3. The van der Waals surface area contributed by atoms with E-state index in [1.54, 1.807) is 25.3 Å². The maximum absolute atomic E-state index is 14.6. The van der Waals surface area contributed by atoms with E-state index in [4.69, 9.17) is 0 Å². The Morgan fingerprint density at radius 1 is 0.659 bits per heavy atom. The summed E-state index contributed by atoms with van der Waals surface area (Å²) in [5.41, 5.74) is 14.4. The van der Waals surface area contributed by atoms with Gasteiger partial charge >= 0.3 is 7.40 Å². The summed E-state index contributed by atoms with van der Waals surface area (Å²) in [4.78, 5) is 8.89. The van der Waals surface area contributed by atoms with Crippen LogP contribution in [0.15, 0.2) is 88.9 Å². The van der Waals surface area contributed by atoms with Crippen molar-refractivity contribution in [1.82, 2.24) is 4.48 Å². The van der Waals surface area contributed by atoms with Crippen LogP contribution in [0, 0.1) is 48.5 Å². The second-order valence-corrected chi connectivity index (χ2v) is 11.8. The highest BCUT2D eigenvalue weighted by atomic mass is 19.2. The van der Waals surface area contributed by atoms with Gasteiger partial charge in [0.15, 0.2) is 0 Å². The molecule has 0 fully saturated rings. The predicted molar refractivity (Wildman–Crippen MR) is 184 cm³/mol. The van der Waals surface area contributed by atoms with Crippen LogP contribution in [0.3, 0.4) is 0 Å². The highest BCUT2D eigenvalue weighted by Crippen LogP contribution is 2.32. The summed E-state index contributed by atoms with van der Waals surface area (Å²) in [6, 6.07) is 24.3. The third-order valence-electron chi connectivity index (χ3n) is 8.22. The number of aromatic nitrogens is 1. The normalized spacial score (nSPS) is 12.5. The SMILES string of the molecule is CN=C(/C=C\c1cc(-c2c(C)cc(C)cc2C)ccc1C)N=c1ccc2cc(-c3c(C)cc(C)cc3C)ccc2n1B(F)F. The number of fused-ring (bicyclic) bond motifs is 1. The summed E-state index contributed by atoms with van der Waals surface area (Å²) in [7, 11) is -1.15. The maximum atomic E-state index is 14.6. The molecule has 0 saturated carbocycles. The molecule has 0 saturated heterocycles. The molecule has 0 amide bonds. The number of aliphatic imine (C=N–C) groups is 1. The van der Waals surface area contributed by atoms with Crippen LogP contribution in [0.4, 0.5) is 8.63 Å². The molecule has 0 bridgehead atoms. The Bertz CT molecular complexity index is 1990. The molecule has 44 heavy (non-hydrogen) atoms. The van der Waals surface area contributed by atoms with Gasteiger partial charge in [0.25, 0.3) is 0 Å². The second-order valence-electron chi connectivity index (χ2n) is 11.8. The van der Waals surface area contributed by atoms with Crippen molar-refractivity contribution in [3.05, 3.63) is 129 Å². The standard InChI is InChI=1S/C38H38BF2N3/c1-23-17-26(4)37(27(5)18-23)32-10-9-25(3)30(21-32)12-15-35(42-8)43-36-16-13-31-22-33(11-14-34(31)44(36)39(40)41)38-28(6)19-24(2)20-29(38)7/h9-22H,1-8H3/b15-12-,42-35?,43-36?. The molecule has 222 valence electrons. The van der Waals surface area contributed by atoms with E-state index in [0.29, 0.717) is 11.4 Å². The van der Waals surface area contributed by atoms with E-state index in [0.717, 1.165) is 48.8 Å². The van der Waals surface area contributed by atoms with Crippen molar-refractivity contribution in [2.45, 2.75) is 48.5 Å². The van der Waals surface area contributed by atoms with Crippen molar-refractivity contribution in [3.8, 4) is 22.3 Å². The van der Waals surface area contributed by atoms with E-state index in [2.05, 4.69) is 101 Å². The monoisotopic (exact) mass is 585 g/mol. The van der Waals surface area contributed by atoms with Gasteiger partial charge in [-0.1, -0.05) is 59.7 Å². The van der Waals surface area contributed by atoms with Crippen LogP contribution in [0.2, 0.25) is 0 Å². The van der Waals surface area contributed by atoms with Crippen LogP contribution in [0.5, 0.6) is 0 Å². The van der Waals surface area contributed by atoms with Crippen molar-refractivity contribution < 1.29 is 8.63 Å². The lowest BCUT2D eigenvalue weighted by Crippen LogP contribution is -2.30. The predicted octanol–water partition coefficient (Wildman–Crippen LogP) is 9.55. The molecule has 0 radical (unpaired) electrons. The zero-order valence-electron chi connectivity index (χ0n) is 26.8. The minimum absolute atomic E-state index is 0.143. The van der Waals surface area contributed by atoms with E-state index in [1.165, 1.54) is 27.8 Å². The largest absolute Gasteiger partial charge is 0.679 e. The van der Waals surface area contributed by atoms with Crippen LogP contribution in [-0.2, 0) is 0 Å². The Balaban J connectivity index is 1.54. The number of benzene rings is 4. The fourth-order valence-corrected chi connectivity index (χ4v) is 6.42. The first-order valence-corrected chi connectivity index (χ1v) is 14.9. The first kappa shape index (κ1) is 30.9. The molecule has 0 unspecified atom stereocenters. The van der Waals surface area contributed by atoms with Crippen molar-refractivity contribution in [1.29, 1.82) is 0 Å². The second kappa shape index (κ2) is 12.6. The number of hydrogen-bond acceptors (Lipinski definition) is 1. The van der Waals surface area contributed by atoms with Gasteiger partial charge in [-0.05, 0) is 146 Å². The molecule has 5 aromatic rings. The minimum Gasteiger partial charge on any atom is -0.310 e. The number of aryl methyl sites for hydroxylation is 7. The summed E-state index contributed by atoms with van der Waals surface area (Å²) >= 11 is 0. The van der Waals surface area contributed by atoms with E-state index >= 15 is 0 Å². The fraction of sp³-hybridized carbons (Fsp3) is 0.211. The van der Waals surface area contributed by atoms with Crippen LogP contribution >= 0.6 is 0 Å². The van der Waals surface area contributed by atoms with Gasteiger partial charge in [0, 0.05) is 12.6 Å². The molecule has 4 aromatic carbocycles. The third-order valence-corrected chi connectivity index (χ3v) is 8.22. The Morgan fingerprint density at radius 3 is 1.75 bits per heavy atom. The quantitative estimate of drug-likeness (QED) is 0.112. The summed E-state index contributed by atoms with van der Waals surface area (Å²) in [6.07, 6.45) is 3.74. The molecule has 0 aliphatic heterocycles. The Labute approximate surface area is 259 Å². The molecule has 1 aromatic heterocycles. The first-order chi connectivity index (χ1) is 21.0. The van der Waals surface area contributed by atoms with E-state index < -0.39 is 7.40 Å². The highest BCUT2D eigenvalue weighted by molar-refractivity contribution is 6.42. The number of nitrogens with zero attached hydrogens (tertiary/aromatic N) is 3. The average molecular weight is 586 g/mol. The van der Waals surface area contributed by atoms with Crippen molar-refractivity contribution >= 4 is 30.2 Å². The Morgan fingerprint density at radius 2 is 1.20 bits per heavy atom. The van der Waals surface area contributed by atoms with E-state index in [1.807, 2.05) is 24.3 Å². The molecule has 0 atom stereocenters. The van der Waals surface area contributed by atoms with Gasteiger partial charge in [-0.2, -0.15) is 0 Å². The first-order valence-electron chi connectivity index (χ1n) is 14.9. The zero-order chi connectivity index (χ0) is 31.7. The van der Waals surface area contributed by atoms with Crippen molar-refractivity contribution in [2.24, 2.45) is 9.98 Å². The topological polar surface area (TPSA) is 29.6 Å². The van der Waals surface area contributed by atoms with Gasteiger partial charge < -0.3 is 4.48 Å². The molecule has 1 heterocycles. The van der Waals surface area contributed by atoms with Gasteiger partial charge in [-0.15, -0.1) is 0 Å². The van der Waals surface area contributed by atoms with Gasteiger partial charge in [-0.3, -0.25) is 13.6 Å². The van der Waals surface area contributed by atoms with Gasteiger partial charge in [0.1, 0.15) is 11.3 Å². The van der Waals surface area contributed by atoms with Gasteiger partial charge in [0.2, 0.25) is 0 Å². The number of hydrogen-bond donors (Lipinski definition) is 0. The molecule has 6 heteroatoms. The van der Waals surface area contributed by atoms with Gasteiger partial charge in [0.05, 0.1) is 0 Å². The molecule has 0 aliphatic carbocycles. The van der Waals surface area contributed by atoms with Crippen LogP contribution in [0.25, 0.3) is 39.2 Å². The lowest BCUT2D eigenvalue weighted by atomic mass is 9.92. The van der Waals surface area contributed by atoms with Gasteiger partial charge in [-0.25, -0.2) is 4.99 Å². The average Bonchev–Trinajstić information content (AvgIpc) is 2.95. The zero-order valence-corrected chi connectivity index (χ0v) is 26.8. The summed E-state index contributed by atoms with van der Waals surface area (Å²) in [5.74, 6) is 0.355. The summed E-state index contributed by atoms with van der Waals surface area (Å²) < 4.78 is 30.1. The maximum Gasteiger partial charge on any atom is 0.679 e. The molecule has 0 aliphatic rings. The van der Waals surface area contributed by atoms with Crippen LogP contribution in [0.1, 0.15) is 44.5 Å². The Hall–Kier alpha value is -4.58. The third kappa shape index (κ3) is 6.21. The minimum atomic E-state index is -2.77. The van der Waals surface area contributed by atoms with E-state index in [9.17, 15) is 8.63 Å². The molecule has 5 rings (SSSR count). The Kier molecular flexibility index (Phi) is 8.82. The highest BCUT2D eigenvalue weighted by Gasteiger charge is 2.21. The number of amidine groups is 1. The lowest BCUT2D eigenvalue weighted by molar-refractivity contribution is 0.627. The number of pyridine rings is 1. The van der Waals surface area contributed by atoms with Crippen molar-refractivity contribution in [3.63, 3.8) is 0 Å². The molecule has 3 nitrogen and oxygen atoms in total. The summed E-state index contributed by atoms with van der Waals surface area (Å²) in [5, 5.41) is 0.723.